The molecule has 0 atom stereocenters. The molecule has 0 amide bonds. The first kappa shape index (κ1) is 20.8. The van der Waals surface area contributed by atoms with E-state index in [1.807, 2.05) is 0 Å². The zero-order chi connectivity index (χ0) is 13.6. The van der Waals surface area contributed by atoms with Gasteiger partial charge < -0.3 is 19.8 Å². The maximum atomic E-state index is 10.2. The Morgan fingerprint density at radius 3 is 0.947 bits per heavy atom. The van der Waals surface area contributed by atoms with Gasteiger partial charge in [0.1, 0.15) is 0 Å². The molecule has 4 nitrogen and oxygen atoms in total. The molecule has 1 radical (unpaired) electrons. The summed E-state index contributed by atoms with van der Waals surface area (Å²) in [5.74, 6) is -1.90. The van der Waals surface area contributed by atoms with Crippen molar-refractivity contribution in [3.8, 4) is 0 Å². The molecule has 0 heterocycles. The third-order valence-corrected chi connectivity index (χ3v) is 3.01. The molecule has 0 saturated heterocycles. The number of hydrogen-bond donors (Lipinski definition) is 0. The van der Waals surface area contributed by atoms with Crippen molar-refractivity contribution in [2.24, 2.45) is 0 Å². The van der Waals surface area contributed by atoms with Crippen molar-refractivity contribution in [2.45, 2.75) is 77.0 Å². The average molecular weight is 315 g/mol. The molecule has 0 aromatic rings. The molecule has 5 heteroatoms. The van der Waals surface area contributed by atoms with Crippen molar-refractivity contribution < 1.29 is 36.6 Å². The van der Waals surface area contributed by atoms with E-state index in [1.165, 1.54) is 12.8 Å². The normalized spacial score (nSPS) is 9.89. The molecule has 19 heavy (non-hydrogen) atoms. The minimum Gasteiger partial charge on any atom is -0.550 e. The molecule has 0 aliphatic carbocycles. The van der Waals surface area contributed by atoms with Crippen LogP contribution in [0.15, 0.2) is 0 Å². The third kappa shape index (κ3) is 19.9. The number of rotatable bonds is 13. The smallest absolute Gasteiger partial charge is 0.550 e. The second kappa shape index (κ2) is 15.5. The first-order valence-electron chi connectivity index (χ1n) is 7.02. The number of aliphatic carboxylic acids is 2. The molecule has 0 aliphatic heterocycles. The summed E-state index contributed by atoms with van der Waals surface area (Å²) in [6, 6.07) is 0. The largest absolute Gasteiger partial charge is 2.00 e. The quantitative estimate of drug-likeness (QED) is 0.478. The van der Waals surface area contributed by atoms with Gasteiger partial charge in [0.05, 0.1) is 0 Å². The summed E-state index contributed by atoms with van der Waals surface area (Å²) in [4.78, 5) is 20.3. The van der Waals surface area contributed by atoms with E-state index in [0.717, 1.165) is 51.4 Å². The molecule has 0 N–H and O–H groups in total. The Balaban J connectivity index is 0. The van der Waals surface area contributed by atoms with Crippen molar-refractivity contribution in [3.63, 3.8) is 0 Å². The van der Waals surface area contributed by atoms with Gasteiger partial charge in [-0.15, -0.1) is 0 Å². The predicted molar refractivity (Wildman–Crippen MR) is 65.4 cm³/mol. The van der Waals surface area contributed by atoms with Gasteiger partial charge in [-0.25, -0.2) is 0 Å². The summed E-state index contributed by atoms with van der Waals surface area (Å²) < 4.78 is 0. The molecule has 0 fully saturated rings. The summed E-state index contributed by atoms with van der Waals surface area (Å²) in [6.07, 6.45) is 10.6. The summed E-state index contributed by atoms with van der Waals surface area (Å²) in [6.45, 7) is 0. The van der Waals surface area contributed by atoms with Crippen molar-refractivity contribution in [1.82, 2.24) is 0 Å². The minimum absolute atomic E-state index is 0. The standard InChI is InChI=1S/C14H26O4.Co/c15-13(16)11-9-7-5-3-1-2-4-6-8-10-12-14(17)18;/h1-12H2,(H,15,16)(H,17,18);/q;+2/p-2. The minimum atomic E-state index is -0.952. The van der Waals surface area contributed by atoms with E-state index >= 15 is 0 Å². The fourth-order valence-electron chi connectivity index (χ4n) is 1.95. The van der Waals surface area contributed by atoms with Crippen LogP contribution in [0.3, 0.4) is 0 Å². The molecule has 0 spiro atoms. The predicted octanol–water partition coefficient (Wildman–Crippen LogP) is 1.16. The Hall–Kier alpha value is -0.554. The average Bonchev–Trinajstić information content (AvgIpc) is 2.29. The van der Waals surface area contributed by atoms with Crippen molar-refractivity contribution in [1.29, 1.82) is 0 Å². The van der Waals surface area contributed by atoms with Gasteiger partial charge in [0.15, 0.2) is 0 Å². The monoisotopic (exact) mass is 315 g/mol. The maximum Gasteiger partial charge on any atom is 2.00 e. The van der Waals surface area contributed by atoms with E-state index in [2.05, 4.69) is 0 Å². The SMILES string of the molecule is O=C([O-])CCCCCCCCCCCCC(=O)[O-].[Co+2]. The van der Waals surface area contributed by atoms with E-state index < -0.39 is 11.9 Å². The van der Waals surface area contributed by atoms with E-state index in [-0.39, 0.29) is 29.6 Å². The van der Waals surface area contributed by atoms with Gasteiger partial charge in [0, 0.05) is 11.9 Å². The van der Waals surface area contributed by atoms with Crippen LogP contribution in [0.2, 0.25) is 0 Å². The van der Waals surface area contributed by atoms with Crippen LogP contribution in [0.25, 0.3) is 0 Å². The number of unbranched alkanes of at least 4 members (excludes halogenated alkanes) is 9. The van der Waals surface area contributed by atoms with Gasteiger partial charge in [-0.2, -0.15) is 0 Å². The molecule has 0 saturated carbocycles. The van der Waals surface area contributed by atoms with Crippen molar-refractivity contribution in [3.05, 3.63) is 0 Å². The molecule has 0 aliphatic rings. The number of carboxylic acid groups (broad SMARTS) is 2. The van der Waals surface area contributed by atoms with Crippen LogP contribution in [0.5, 0.6) is 0 Å². The zero-order valence-electron chi connectivity index (χ0n) is 11.5. The summed E-state index contributed by atoms with van der Waals surface area (Å²) in [7, 11) is 0. The second-order valence-electron chi connectivity index (χ2n) is 4.78. The molecule has 113 valence electrons. The Kier molecular flexibility index (Phi) is 16.9. The fraction of sp³-hybridized carbons (Fsp3) is 0.857. The van der Waals surface area contributed by atoms with Crippen LogP contribution in [-0.4, -0.2) is 11.9 Å². The fourth-order valence-corrected chi connectivity index (χ4v) is 1.95. The molecule has 0 aromatic carbocycles. The van der Waals surface area contributed by atoms with Crippen LogP contribution in [0, 0.1) is 0 Å². The van der Waals surface area contributed by atoms with Gasteiger partial charge in [0.2, 0.25) is 0 Å². The Labute approximate surface area is 126 Å². The second-order valence-corrected chi connectivity index (χ2v) is 4.78. The molecule has 0 rings (SSSR count). The van der Waals surface area contributed by atoms with E-state index in [9.17, 15) is 19.8 Å². The van der Waals surface area contributed by atoms with Gasteiger partial charge in [-0.3, -0.25) is 0 Å². The summed E-state index contributed by atoms with van der Waals surface area (Å²) >= 11 is 0. The zero-order valence-corrected chi connectivity index (χ0v) is 12.5. The molecule has 0 aromatic heterocycles. The van der Waals surface area contributed by atoms with Crippen molar-refractivity contribution >= 4 is 11.9 Å². The topological polar surface area (TPSA) is 80.3 Å². The van der Waals surface area contributed by atoms with Crippen LogP contribution in [0.4, 0.5) is 0 Å². The Bertz CT molecular complexity index is 207. The van der Waals surface area contributed by atoms with Crippen LogP contribution in [-0.2, 0) is 26.4 Å². The number of hydrogen-bond acceptors (Lipinski definition) is 4. The van der Waals surface area contributed by atoms with Crippen LogP contribution in [0.1, 0.15) is 77.0 Å². The molecular formula is C14H24CoO4. The van der Waals surface area contributed by atoms with E-state index in [0.29, 0.717) is 0 Å². The third-order valence-electron chi connectivity index (χ3n) is 3.01. The van der Waals surface area contributed by atoms with Gasteiger partial charge in [-0.1, -0.05) is 51.4 Å². The first-order chi connectivity index (χ1) is 8.63. The Morgan fingerprint density at radius 1 is 0.526 bits per heavy atom. The summed E-state index contributed by atoms with van der Waals surface area (Å²) in [5.41, 5.74) is 0. The van der Waals surface area contributed by atoms with Gasteiger partial charge >= 0.3 is 16.8 Å². The number of carbonyl (C=O) groups is 2. The molecule has 0 unspecified atom stereocenters. The molecule has 0 bridgehead atoms. The number of carbonyl (C=O) groups excluding carboxylic acids is 2. The molecular weight excluding hydrogens is 291 g/mol. The first-order valence-corrected chi connectivity index (χ1v) is 7.02. The maximum absolute atomic E-state index is 10.2. The van der Waals surface area contributed by atoms with Crippen LogP contribution < -0.4 is 10.2 Å². The van der Waals surface area contributed by atoms with Crippen molar-refractivity contribution in [2.75, 3.05) is 0 Å². The number of carboxylic acids is 2. The summed E-state index contributed by atoms with van der Waals surface area (Å²) in [5, 5.41) is 20.3. The Morgan fingerprint density at radius 2 is 0.737 bits per heavy atom. The van der Waals surface area contributed by atoms with Gasteiger partial charge in [-0.05, 0) is 25.7 Å². The van der Waals surface area contributed by atoms with E-state index in [1.54, 1.807) is 0 Å². The van der Waals surface area contributed by atoms with Gasteiger partial charge in [0.25, 0.3) is 0 Å². The van der Waals surface area contributed by atoms with E-state index in [4.69, 9.17) is 0 Å². The van der Waals surface area contributed by atoms with Crippen LogP contribution >= 0.6 is 0 Å².